The largest absolute Gasteiger partial charge is 0.480 e. The van der Waals surface area contributed by atoms with Crippen LogP contribution in [0.25, 0.3) is 0 Å². The summed E-state index contributed by atoms with van der Waals surface area (Å²) in [6, 6.07) is 4.00. The fourth-order valence-corrected chi connectivity index (χ4v) is 3.04. The molecule has 0 saturated carbocycles. The van der Waals surface area contributed by atoms with Crippen molar-refractivity contribution < 1.29 is 23.9 Å². The van der Waals surface area contributed by atoms with Gasteiger partial charge in [0.2, 0.25) is 11.8 Å². The molecule has 1 aliphatic rings. The van der Waals surface area contributed by atoms with E-state index in [9.17, 15) is 23.9 Å². The number of carbonyl (C=O) groups is 3. The highest BCUT2D eigenvalue weighted by Crippen LogP contribution is 2.37. The topological polar surface area (TPSA) is 86.7 Å². The predicted octanol–water partition coefficient (Wildman–Crippen LogP) is 1.88. The molecule has 1 aliphatic heterocycles. The van der Waals surface area contributed by atoms with Crippen molar-refractivity contribution in [2.75, 3.05) is 7.05 Å². The third kappa shape index (κ3) is 4.23. The molecular formula is C18H21FN2O4. The van der Waals surface area contributed by atoms with E-state index >= 15 is 0 Å². The van der Waals surface area contributed by atoms with E-state index < -0.39 is 35.7 Å². The van der Waals surface area contributed by atoms with Gasteiger partial charge in [0.25, 0.3) is 0 Å². The summed E-state index contributed by atoms with van der Waals surface area (Å²) in [5.41, 5.74) is 0.632. The van der Waals surface area contributed by atoms with Gasteiger partial charge in [-0.25, -0.2) is 9.18 Å². The average Bonchev–Trinajstić information content (AvgIpc) is 2.87. The van der Waals surface area contributed by atoms with Gasteiger partial charge in [-0.1, -0.05) is 18.2 Å². The second-order valence-corrected chi connectivity index (χ2v) is 6.08. The molecule has 1 aromatic carbocycles. The highest BCUT2D eigenvalue weighted by Gasteiger charge is 2.43. The highest BCUT2D eigenvalue weighted by molar-refractivity contribution is 5.92. The summed E-state index contributed by atoms with van der Waals surface area (Å²) >= 11 is 0. The maximum Gasteiger partial charge on any atom is 0.326 e. The summed E-state index contributed by atoms with van der Waals surface area (Å²) in [6.45, 7) is 3.54. The molecule has 3 unspecified atom stereocenters. The van der Waals surface area contributed by atoms with E-state index in [2.05, 4.69) is 11.9 Å². The maximum atomic E-state index is 13.1. The number of allylic oxidation sites excluding steroid dienone is 1. The molecule has 1 fully saturated rings. The molecule has 2 rings (SSSR count). The van der Waals surface area contributed by atoms with Crippen molar-refractivity contribution in [3.05, 3.63) is 48.3 Å². The lowest BCUT2D eigenvalue weighted by Crippen LogP contribution is -2.44. The molecule has 1 aromatic rings. The lowest BCUT2D eigenvalue weighted by atomic mass is 9.92. The van der Waals surface area contributed by atoms with E-state index in [4.69, 9.17) is 0 Å². The number of hydrogen-bond donors (Lipinski definition) is 2. The van der Waals surface area contributed by atoms with Crippen LogP contribution >= 0.6 is 0 Å². The normalized spacial score (nSPS) is 21.0. The minimum absolute atomic E-state index is 0.0157. The highest BCUT2D eigenvalue weighted by atomic mass is 19.1. The van der Waals surface area contributed by atoms with E-state index in [-0.39, 0.29) is 18.7 Å². The van der Waals surface area contributed by atoms with Crippen LogP contribution in [0.15, 0.2) is 36.9 Å². The minimum Gasteiger partial charge on any atom is -0.480 e. The number of halogens is 1. The van der Waals surface area contributed by atoms with Crippen molar-refractivity contribution in [1.82, 2.24) is 10.2 Å². The number of amides is 2. The molecule has 25 heavy (non-hydrogen) atoms. The Kier molecular flexibility index (Phi) is 5.90. The number of aliphatic carboxylic acids is 1. The van der Waals surface area contributed by atoms with E-state index in [1.165, 1.54) is 29.2 Å². The van der Waals surface area contributed by atoms with Gasteiger partial charge in [-0.3, -0.25) is 9.59 Å². The van der Waals surface area contributed by atoms with Crippen LogP contribution in [0.2, 0.25) is 0 Å². The Balaban J connectivity index is 2.20. The molecule has 0 bridgehead atoms. The Labute approximate surface area is 145 Å². The van der Waals surface area contributed by atoms with Crippen LogP contribution in [0.1, 0.15) is 30.9 Å². The van der Waals surface area contributed by atoms with Crippen LogP contribution < -0.4 is 5.32 Å². The SMILES string of the molecule is C=CCCC(NC(=O)C1CC(=O)N(C)C1c1ccc(F)cc1)C(=O)O. The second-order valence-electron chi connectivity index (χ2n) is 6.08. The Morgan fingerprint density at radius 1 is 1.44 bits per heavy atom. The van der Waals surface area contributed by atoms with Gasteiger partial charge in [-0.15, -0.1) is 6.58 Å². The number of nitrogens with zero attached hydrogens (tertiary/aromatic N) is 1. The molecule has 1 heterocycles. The molecular weight excluding hydrogens is 327 g/mol. The quantitative estimate of drug-likeness (QED) is 0.737. The first-order valence-electron chi connectivity index (χ1n) is 8.00. The number of carboxylic acid groups (broad SMARTS) is 1. The number of benzene rings is 1. The first kappa shape index (κ1) is 18.6. The van der Waals surface area contributed by atoms with Crippen molar-refractivity contribution in [2.45, 2.75) is 31.3 Å². The Hall–Kier alpha value is -2.70. The summed E-state index contributed by atoms with van der Waals surface area (Å²) in [6.07, 6.45) is 2.24. The first-order valence-corrected chi connectivity index (χ1v) is 8.00. The molecule has 2 amide bonds. The minimum atomic E-state index is -1.13. The van der Waals surface area contributed by atoms with Crippen molar-refractivity contribution in [3.8, 4) is 0 Å². The van der Waals surface area contributed by atoms with Gasteiger partial charge in [0.1, 0.15) is 11.9 Å². The van der Waals surface area contributed by atoms with Gasteiger partial charge < -0.3 is 15.3 Å². The van der Waals surface area contributed by atoms with Crippen molar-refractivity contribution in [3.63, 3.8) is 0 Å². The molecule has 6 nitrogen and oxygen atoms in total. The van der Waals surface area contributed by atoms with Crippen LogP contribution in [-0.2, 0) is 14.4 Å². The van der Waals surface area contributed by atoms with Crippen molar-refractivity contribution >= 4 is 17.8 Å². The Morgan fingerprint density at radius 2 is 2.08 bits per heavy atom. The van der Waals surface area contributed by atoms with Gasteiger partial charge >= 0.3 is 5.97 Å². The molecule has 7 heteroatoms. The van der Waals surface area contributed by atoms with Crippen LogP contribution in [0.4, 0.5) is 4.39 Å². The summed E-state index contributed by atoms with van der Waals surface area (Å²) in [5, 5.41) is 11.7. The second kappa shape index (κ2) is 7.92. The first-order chi connectivity index (χ1) is 11.8. The smallest absolute Gasteiger partial charge is 0.326 e. The molecule has 2 N–H and O–H groups in total. The Morgan fingerprint density at radius 3 is 2.64 bits per heavy atom. The van der Waals surface area contributed by atoms with Gasteiger partial charge in [-0.2, -0.15) is 0 Å². The third-order valence-corrected chi connectivity index (χ3v) is 4.41. The molecule has 0 aliphatic carbocycles. The van der Waals surface area contributed by atoms with Crippen molar-refractivity contribution in [2.24, 2.45) is 5.92 Å². The number of carboxylic acids is 1. The molecule has 0 spiro atoms. The molecule has 3 atom stereocenters. The average molecular weight is 348 g/mol. The zero-order chi connectivity index (χ0) is 18.6. The molecule has 0 aromatic heterocycles. The van der Waals surface area contributed by atoms with Crippen LogP contribution in [0, 0.1) is 11.7 Å². The summed E-state index contributed by atoms with van der Waals surface area (Å²) in [7, 11) is 1.58. The number of likely N-dealkylation sites (tertiary alicyclic amines) is 1. The van der Waals surface area contributed by atoms with Gasteiger partial charge in [0.15, 0.2) is 0 Å². The number of carbonyl (C=O) groups excluding carboxylic acids is 2. The lowest BCUT2D eigenvalue weighted by Gasteiger charge is -2.26. The van der Waals surface area contributed by atoms with Crippen LogP contribution in [0.3, 0.4) is 0 Å². The maximum absolute atomic E-state index is 13.1. The lowest BCUT2D eigenvalue weighted by molar-refractivity contribution is -0.142. The summed E-state index contributed by atoms with van der Waals surface area (Å²) in [4.78, 5) is 37.4. The van der Waals surface area contributed by atoms with Gasteiger partial charge in [-0.05, 0) is 30.5 Å². The fourth-order valence-electron chi connectivity index (χ4n) is 3.04. The van der Waals surface area contributed by atoms with Gasteiger partial charge in [0.05, 0.1) is 12.0 Å². The standard InChI is InChI=1S/C18H21FN2O4/c1-3-4-5-14(18(24)25)20-17(23)13-10-15(22)21(2)16(13)11-6-8-12(19)9-7-11/h3,6-9,13-14,16H,1,4-5,10H2,2H3,(H,20,23)(H,24,25). The van der Waals surface area contributed by atoms with Crippen LogP contribution in [0.5, 0.6) is 0 Å². The number of nitrogens with one attached hydrogen (secondary N) is 1. The fraction of sp³-hybridized carbons (Fsp3) is 0.389. The zero-order valence-electron chi connectivity index (χ0n) is 13.9. The van der Waals surface area contributed by atoms with Crippen LogP contribution in [-0.4, -0.2) is 40.9 Å². The molecule has 134 valence electrons. The van der Waals surface area contributed by atoms with E-state index in [0.717, 1.165) is 0 Å². The third-order valence-electron chi connectivity index (χ3n) is 4.41. The van der Waals surface area contributed by atoms with E-state index in [0.29, 0.717) is 12.0 Å². The molecule has 1 saturated heterocycles. The number of hydrogen-bond acceptors (Lipinski definition) is 3. The number of rotatable bonds is 7. The zero-order valence-corrected chi connectivity index (χ0v) is 13.9. The van der Waals surface area contributed by atoms with E-state index in [1.807, 2.05) is 0 Å². The van der Waals surface area contributed by atoms with Gasteiger partial charge in [0, 0.05) is 13.5 Å². The van der Waals surface area contributed by atoms with Crippen molar-refractivity contribution in [1.29, 1.82) is 0 Å². The van der Waals surface area contributed by atoms with E-state index in [1.54, 1.807) is 13.1 Å². The molecule has 0 radical (unpaired) electrons. The predicted molar refractivity (Wildman–Crippen MR) is 89.0 cm³/mol. The monoisotopic (exact) mass is 348 g/mol. The summed E-state index contributed by atoms with van der Waals surface area (Å²) < 4.78 is 13.1. The Bertz CT molecular complexity index is 674. The summed E-state index contributed by atoms with van der Waals surface area (Å²) in [5.74, 6) is -2.98.